The van der Waals surface area contributed by atoms with Gasteiger partial charge in [-0.2, -0.15) is 0 Å². The smallest absolute Gasteiger partial charge is 0.319 e. The van der Waals surface area contributed by atoms with E-state index in [1.165, 1.54) is 52.7 Å². The van der Waals surface area contributed by atoms with Gasteiger partial charge in [-0.3, -0.25) is 9.59 Å². The van der Waals surface area contributed by atoms with Gasteiger partial charge in [-0.15, -0.1) is 0 Å². The normalized spacial score (nSPS) is 14.4. The second-order valence-electron chi connectivity index (χ2n) is 9.08. The van der Waals surface area contributed by atoms with Gasteiger partial charge in [-0.05, 0) is 23.7 Å². The molecule has 0 N–H and O–H groups in total. The zero-order chi connectivity index (χ0) is 21.8. The molecule has 4 nitrogen and oxygen atoms in total. The van der Waals surface area contributed by atoms with Crippen molar-refractivity contribution in [2.75, 3.05) is 14.2 Å². The topological polar surface area (TPSA) is 52.6 Å². The first-order chi connectivity index (χ1) is 13.0. The van der Waals surface area contributed by atoms with Gasteiger partial charge in [0.2, 0.25) is 0 Å². The highest BCUT2D eigenvalue weighted by atomic mass is 79.9. The average Bonchev–Trinajstić information content (AvgIpc) is 2.66. The Morgan fingerprint density at radius 3 is 1.14 bits per heavy atom. The number of hydrogen-bond acceptors (Lipinski definition) is 4. The maximum absolute atomic E-state index is 11.7. The van der Waals surface area contributed by atoms with Gasteiger partial charge in [0, 0.05) is 0 Å². The van der Waals surface area contributed by atoms with Crippen LogP contribution in [0.3, 0.4) is 0 Å². The quantitative estimate of drug-likeness (QED) is 0.133. The standard InChI is InChI=1S/C22H40Br2O4/c1-21(2,17(23)19(25)27-5)15-13-11-9-7-8-10-12-14-16-22(3,4)18(24)20(26)28-6/h17-18H,7-16H2,1-6H3. The highest BCUT2D eigenvalue weighted by Gasteiger charge is 2.34. The first-order valence-corrected chi connectivity index (χ1v) is 12.3. The van der Waals surface area contributed by atoms with E-state index in [0.717, 1.165) is 25.7 Å². The fourth-order valence-electron chi connectivity index (χ4n) is 3.32. The molecule has 0 saturated heterocycles. The van der Waals surface area contributed by atoms with Gasteiger partial charge >= 0.3 is 11.9 Å². The molecule has 0 amide bonds. The minimum atomic E-state index is -0.243. The van der Waals surface area contributed by atoms with Gasteiger partial charge in [-0.25, -0.2) is 0 Å². The molecule has 2 unspecified atom stereocenters. The number of halogens is 2. The Balaban J connectivity index is 3.78. The largest absolute Gasteiger partial charge is 0.468 e. The lowest BCUT2D eigenvalue weighted by Crippen LogP contribution is -2.32. The second kappa shape index (κ2) is 14.0. The lowest BCUT2D eigenvalue weighted by atomic mass is 9.83. The molecule has 0 bridgehead atoms. The monoisotopic (exact) mass is 526 g/mol. The molecule has 0 fully saturated rings. The Labute approximate surface area is 189 Å². The fraction of sp³-hybridized carbons (Fsp3) is 0.909. The lowest BCUT2D eigenvalue weighted by Gasteiger charge is -2.28. The number of carbonyl (C=O) groups is 2. The molecule has 0 aliphatic heterocycles. The summed E-state index contributed by atoms with van der Waals surface area (Å²) in [5.74, 6) is -0.378. The van der Waals surface area contributed by atoms with Crippen molar-refractivity contribution < 1.29 is 19.1 Å². The number of hydrogen-bond donors (Lipinski definition) is 0. The Bertz CT molecular complexity index is 421. The lowest BCUT2D eigenvalue weighted by molar-refractivity contribution is -0.142. The summed E-state index contributed by atoms with van der Waals surface area (Å²) in [4.78, 5) is 22.9. The van der Waals surface area contributed by atoms with Crippen LogP contribution in [0.15, 0.2) is 0 Å². The predicted octanol–water partition coefficient (Wildman–Crippen LogP) is 6.81. The van der Waals surface area contributed by atoms with Crippen LogP contribution in [0, 0.1) is 10.8 Å². The van der Waals surface area contributed by atoms with Crippen molar-refractivity contribution in [2.45, 2.75) is 102 Å². The predicted molar refractivity (Wildman–Crippen MR) is 123 cm³/mol. The van der Waals surface area contributed by atoms with E-state index in [1.54, 1.807) is 0 Å². The van der Waals surface area contributed by atoms with Gasteiger partial charge in [0.05, 0.1) is 14.2 Å². The van der Waals surface area contributed by atoms with Crippen LogP contribution in [0.4, 0.5) is 0 Å². The fourth-order valence-corrected chi connectivity index (χ4v) is 4.15. The van der Waals surface area contributed by atoms with Gasteiger partial charge in [-0.1, -0.05) is 111 Å². The van der Waals surface area contributed by atoms with Crippen LogP contribution in [0.25, 0.3) is 0 Å². The summed E-state index contributed by atoms with van der Waals surface area (Å²) in [5, 5.41) is 0. The first kappa shape index (κ1) is 27.9. The Hall–Kier alpha value is -0.100. The zero-order valence-electron chi connectivity index (χ0n) is 18.6. The third-order valence-electron chi connectivity index (χ3n) is 5.58. The highest BCUT2D eigenvalue weighted by molar-refractivity contribution is 9.10. The number of unbranched alkanes of at least 4 members (excludes halogenated alkanes) is 7. The van der Waals surface area contributed by atoms with E-state index >= 15 is 0 Å². The maximum atomic E-state index is 11.7. The maximum Gasteiger partial charge on any atom is 0.319 e. The summed E-state index contributed by atoms with van der Waals surface area (Å²) < 4.78 is 9.66. The van der Waals surface area contributed by atoms with Gasteiger partial charge < -0.3 is 9.47 Å². The number of ether oxygens (including phenoxy) is 2. The minimum absolute atomic E-state index is 0.0859. The van der Waals surface area contributed by atoms with E-state index in [1.807, 2.05) is 0 Å². The molecule has 0 spiro atoms. The van der Waals surface area contributed by atoms with Crippen molar-refractivity contribution in [3.63, 3.8) is 0 Å². The SMILES string of the molecule is COC(=O)C(Br)C(C)(C)CCCCCCCCCCC(C)(C)C(Br)C(=O)OC. The number of methoxy groups -OCH3 is 2. The average molecular weight is 528 g/mol. The molecule has 0 aromatic heterocycles. The Morgan fingerprint density at radius 2 is 0.893 bits per heavy atom. The van der Waals surface area contributed by atoms with Crippen LogP contribution in [-0.4, -0.2) is 35.8 Å². The number of rotatable bonds is 15. The molecule has 0 heterocycles. The molecule has 0 saturated carbocycles. The summed E-state index contributed by atoms with van der Waals surface area (Å²) >= 11 is 6.95. The summed E-state index contributed by atoms with van der Waals surface area (Å²) in [5.41, 5.74) is -0.172. The molecule has 0 radical (unpaired) electrons. The molecule has 0 aromatic rings. The van der Waals surface area contributed by atoms with Crippen molar-refractivity contribution in [3.8, 4) is 0 Å². The summed E-state index contributed by atoms with van der Waals surface area (Å²) in [6.45, 7) is 8.45. The minimum Gasteiger partial charge on any atom is -0.468 e. The van der Waals surface area contributed by atoms with Crippen LogP contribution >= 0.6 is 31.9 Å². The first-order valence-electron chi connectivity index (χ1n) is 10.4. The zero-order valence-corrected chi connectivity index (χ0v) is 21.8. The number of alkyl halides is 2. The van der Waals surface area contributed by atoms with Gasteiger partial charge in [0.25, 0.3) is 0 Å². The van der Waals surface area contributed by atoms with E-state index in [-0.39, 0.29) is 32.4 Å². The van der Waals surface area contributed by atoms with Crippen molar-refractivity contribution >= 4 is 43.8 Å². The molecule has 6 heteroatoms. The van der Waals surface area contributed by atoms with Gasteiger partial charge in [0.15, 0.2) is 0 Å². The van der Waals surface area contributed by atoms with Crippen molar-refractivity contribution in [1.29, 1.82) is 0 Å². The molecule has 0 rings (SSSR count). The molecule has 166 valence electrons. The number of esters is 2. The molecule has 0 aromatic carbocycles. The second-order valence-corrected chi connectivity index (χ2v) is 10.9. The number of carbonyl (C=O) groups excluding carboxylic acids is 2. The van der Waals surface area contributed by atoms with E-state index in [2.05, 4.69) is 59.6 Å². The molecule has 0 aliphatic carbocycles. The van der Waals surface area contributed by atoms with Crippen molar-refractivity contribution in [1.82, 2.24) is 0 Å². The van der Waals surface area contributed by atoms with E-state index in [9.17, 15) is 9.59 Å². The molecular formula is C22H40Br2O4. The van der Waals surface area contributed by atoms with Crippen molar-refractivity contribution in [2.24, 2.45) is 10.8 Å². The summed E-state index contributed by atoms with van der Waals surface area (Å²) in [6, 6.07) is 0. The third kappa shape index (κ3) is 10.6. The third-order valence-corrected chi connectivity index (χ3v) is 8.81. The molecule has 0 aliphatic rings. The van der Waals surface area contributed by atoms with E-state index < -0.39 is 0 Å². The highest BCUT2D eigenvalue weighted by Crippen LogP contribution is 2.35. The summed E-state index contributed by atoms with van der Waals surface area (Å²) in [7, 11) is 2.87. The van der Waals surface area contributed by atoms with Crippen LogP contribution < -0.4 is 0 Å². The molecular weight excluding hydrogens is 488 g/mol. The van der Waals surface area contributed by atoms with Gasteiger partial charge in [0.1, 0.15) is 9.65 Å². The van der Waals surface area contributed by atoms with E-state index in [0.29, 0.717) is 0 Å². The summed E-state index contributed by atoms with van der Waals surface area (Å²) in [6.07, 6.45) is 11.8. The Kier molecular flexibility index (Phi) is 14.0. The van der Waals surface area contributed by atoms with Crippen LogP contribution in [0.2, 0.25) is 0 Å². The van der Waals surface area contributed by atoms with Crippen molar-refractivity contribution in [3.05, 3.63) is 0 Å². The van der Waals surface area contributed by atoms with Crippen LogP contribution in [-0.2, 0) is 19.1 Å². The molecule has 2 atom stereocenters. The Morgan fingerprint density at radius 1 is 0.643 bits per heavy atom. The van der Waals surface area contributed by atoms with Crippen LogP contribution in [0.1, 0.15) is 91.9 Å². The molecule has 28 heavy (non-hydrogen) atoms. The van der Waals surface area contributed by atoms with Crippen LogP contribution in [0.5, 0.6) is 0 Å². The van der Waals surface area contributed by atoms with E-state index in [4.69, 9.17) is 9.47 Å².